The molecule has 0 bridgehead atoms. The van der Waals surface area contributed by atoms with E-state index in [1.54, 1.807) is 6.92 Å². The second-order valence-corrected chi connectivity index (χ2v) is 6.73. The van der Waals surface area contributed by atoms with Crippen LogP contribution in [-0.4, -0.2) is 16.9 Å². The number of rotatable bonds is 6. The van der Waals surface area contributed by atoms with E-state index in [2.05, 4.69) is 4.98 Å². The van der Waals surface area contributed by atoms with Gasteiger partial charge >= 0.3 is 11.9 Å². The smallest absolute Gasteiger partial charge is 0.340 e. The van der Waals surface area contributed by atoms with Crippen molar-refractivity contribution in [3.63, 3.8) is 0 Å². The van der Waals surface area contributed by atoms with E-state index in [0.717, 1.165) is 11.1 Å². The number of benzene rings is 3. The molecule has 0 atom stereocenters. The van der Waals surface area contributed by atoms with Crippen LogP contribution >= 0.6 is 0 Å². The summed E-state index contributed by atoms with van der Waals surface area (Å²) in [6.07, 6.45) is 0. The first-order valence-corrected chi connectivity index (χ1v) is 9.43. The number of ether oxygens (including phenoxy) is 2. The Morgan fingerprint density at radius 1 is 0.833 bits per heavy atom. The van der Waals surface area contributed by atoms with Crippen molar-refractivity contribution in [2.75, 3.05) is 0 Å². The lowest BCUT2D eigenvalue weighted by atomic mass is 10.1. The van der Waals surface area contributed by atoms with Gasteiger partial charge in [0, 0.05) is 6.92 Å². The third-order valence-corrected chi connectivity index (χ3v) is 4.48. The van der Waals surface area contributed by atoms with Crippen molar-refractivity contribution in [2.45, 2.75) is 20.1 Å². The first-order valence-electron chi connectivity index (χ1n) is 9.43. The van der Waals surface area contributed by atoms with Crippen molar-refractivity contribution in [1.82, 2.24) is 4.98 Å². The molecule has 3 aromatic carbocycles. The Balaban J connectivity index is 1.57. The fourth-order valence-electron chi connectivity index (χ4n) is 3.02. The Bertz CT molecular complexity index is 1180. The van der Waals surface area contributed by atoms with E-state index in [0.29, 0.717) is 17.0 Å². The number of esters is 2. The van der Waals surface area contributed by atoms with Gasteiger partial charge in [-0.15, -0.1) is 0 Å². The summed E-state index contributed by atoms with van der Waals surface area (Å²) in [5.41, 5.74) is 2.76. The molecule has 6 heteroatoms. The molecular formula is C24H19NO5. The Kier molecular flexibility index (Phi) is 5.57. The maximum Gasteiger partial charge on any atom is 0.340 e. The van der Waals surface area contributed by atoms with E-state index in [4.69, 9.17) is 13.9 Å². The van der Waals surface area contributed by atoms with Crippen molar-refractivity contribution in [2.24, 2.45) is 0 Å². The van der Waals surface area contributed by atoms with E-state index < -0.39 is 11.9 Å². The summed E-state index contributed by atoms with van der Waals surface area (Å²) in [4.78, 5) is 29.6. The zero-order valence-corrected chi connectivity index (χ0v) is 16.3. The van der Waals surface area contributed by atoms with E-state index in [1.807, 2.05) is 60.7 Å². The molecule has 0 amide bonds. The second-order valence-electron chi connectivity index (χ2n) is 6.73. The van der Waals surface area contributed by atoms with E-state index in [-0.39, 0.29) is 24.3 Å². The van der Waals surface area contributed by atoms with Crippen LogP contribution in [0.2, 0.25) is 0 Å². The van der Waals surface area contributed by atoms with Crippen molar-refractivity contribution >= 4 is 23.0 Å². The lowest BCUT2D eigenvalue weighted by Crippen LogP contribution is -2.10. The van der Waals surface area contributed by atoms with Crippen LogP contribution in [0.3, 0.4) is 0 Å². The van der Waals surface area contributed by atoms with Crippen LogP contribution in [0.1, 0.15) is 37.7 Å². The summed E-state index contributed by atoms with van der Waals surface area (Å²) in [6.45, 7) is 1.91. The average molecular weight is 401 g/mol. The number of carbonyl (C=O) groups excluding carboxylic acids is 2. The minimum atomic E-state index is -0.588. The maximum atomic E-state index is 12.7. The number of fused-ring (bicyclic) bond motifs is 1. The molecule has 0 N–H and O–H groups in total. The van der Waals surface area contributed by atoms with Crippen LogP contribution in [0.4, 0.5) is 0 Å². The molecule has 6 nitrogen and oxygen atoms in total. The summed E-state index contributed by atoms with van der Waals surface area (Å²) in [7, 11) is 0. The molecule has 4 rings (SSSR count). The minimum absolute atomic E-state index is 0.112. The Labute approximate surface area is 173 Å². The summed E-state index contributed by atoms with van der Waals surface area (Å²) in [5.74, 6) is -0.765. The van der Waals surface area contributed by atoms with Gasteiger partial charge in [0.15, 0.2) is 11.5 Å². The molecule has 30 heavy (non-hydrogen) atoms. The molecule has 0 aliphatic heterocycles. The Morgan fingerprint density at radius 3 is 2.00 bits per heavy atom. The molecule has 0 saturated heterocycles. The first-order chi connectivity index (χ1) is 14.6. The third kappa shape index (κ3) is 4.38. The highest BCUT2D eigenvalue weighted by atomic mass is 16.5. The molecular weight excluding hydrogens is 382 g/mol. The molecule has 0 spiro atoms. The standard InChI is InChI=1S/C24H19NO5/c1-16-25-22-20(24(27)29-15-18-10-6-3-7-11-18)12-19(13-21(22)30-16)23(26)28-14-17-8-4-2-5-9-17/h2-13H,14-15H2,1H3. The summed E-state index contributed by atoms with van der Waals surface area (Å²) in [6, 6.07) is 21.7. The van der Waals surface area contributed by atoms with Crippen molar-refractivity contribution in [1.29, 1.82) is 0 Å². The van der Waals surface area contributed by atoms with Crippen LogP contribution in [0.25, 0.3) is 11.1 Å². The average Bonchev–Trinajstić information content (AvgIpc) is 3.16. The van der Waals surface area contributed by atoms with Gasteiger partial charge in [0.2, 0.25) is 0 Å². The molecule has 4 aromatic rings. The monoisotopic (exact) mass is 401 g/mol. The zero-order valence-electron chi connectivity index (χ0n) is 16.3. The molecule has 0 aliphatic rings. The molecule has 0 radical (unpaired) electrons. The number of carbonyl (C=O) groups is 2. The number of aryl methyl sites for hydroxylation is 1. The normalized spacial score (nSPS) is 10.7. The number of oxazole rings is 1. The summed E-state index contributed by atoms with van der Waals surface area (Å²) < 4.78 is 16.4. The van der Waals surface area contributed by atoms with Crippen LogP contribution < -0.4 is 0 Å². The maximum absolute atomic E-state index is 12.7. The SMILES string of the molecule is Cc1nc2c(C(=O)OCc3ccccc3)cc(C(=O)OCc3ccccc3)cc2o1. The highest BCUT2D eigenvalue weighted by Crippen LogP contribution is 2.24. The quantitative estimate of drug-likeness (QED) is 0.430. The van der Waals surface area contributed by atoms with Gasteiger partial charge in [0.1, 0.15) is 18.7 Å². The van der Waals surface area contributed by atoms with Gasteiger partial charge in [-0.1, -0.05) is 60.7 Å². The molecule has 0 saturated carbocycles. The predicted octanol–water partition coefficient (Wildman–Crippen LogP) is 4.85. The van der Waals surface area contributed by atoms with Crippen molar-refractivity contribution < 1.29 is 23.5 Å². The second kappa shape index (κ2) is 8.61. The minimum Gasteiger partial charge on any atom is -0.457 e. The molecule has 150 valence electrons. The van der Waals surface area contributed by atoms with Crippen LogP contribution in [0.15, 0.2) is 77.2 Å². The van der Waals surface area contributed by atoms with Gasteiger partial charge in [-0.25, -0.2) is 14.6 Å². The highest BCUT2D eigenvalue weighted by Gasteiger charge is 2.21. The molecule has 0 unspecified atom stereocenters. The third-order valence-electron chi connectivity index (χ3n) is 4.48. The Hall–Kier alpha value is -3.93. The predicted molar refractivity (Wildman–Crippen MR) is 110 cm³/mol. The summed E-state index contributed by atoms with van der Waals surface area (Å²) in [5, 5.41) is 0. The van der Waals surface area contributed by atoms with E-state index >= 15 is 0 Å². The van der Waals surface area contributed by atoms with E-state index in [1.165, 1.54) is 12.1 Å². The van der Waals surface area contributed by atoms with E-state index in [9.17, 15) is 9.59 Å². The van der Waals surface area contributed by atoms with Gasteiger partial charge in [-0.3, -0.25) is 0 Å². The molecule has 0 fully saturated rings. The lowest BCUT2D eigenvalue weighted by Gasteiger charge is -2.08. The lowest BCUT2D eigenvalue weighted by molar-refractivity contribution is 0.0471. The van der Waals surface area contributed by atoms with Gasteiger partial charge in [0.25, 0.3) is 0 Å². The number of aromatic nitrogens is 1. The number of hydrogen-bond acceptors (Lipinski definition) is 6. The van der Waals surface area contributed by atoms with Crippen LogP contribution in [-0.2, 0) is 22.7 Å². The largest absolute Gasteiger partial charge is 0.457 e. The topological polar surface area (TPSA) is 78.6 Å². The molecule has 1 aromatic heterocycles. The molecule has 0 aliphatic carbocycles. The highest BCUT2D eigenvalue weighted by molar-refractivity contribution is 6.05. The first kappa shape index (κ1) is 19.4. The zero-order chi connectivity index (χ0) is 20.9. The Morgan fingerprint density at radius 2 is 1.40 bits per heavy atom. The fraction of sp³-hybridized carbons (Fsp3) is 0.125. The molecule has 1 heterocycles. The van der Waals surface area contributed by atoms with Gasteiger partial charge in [-0.05, 0) is 23.3 Å². The number of nitrogens with zero attached hydrogens (tertiary/aromatic N) is 1. The fourth-order valence-corrected chi connectivity index (χ4v) is 3.02. The number of hydrogen-bond donors (Lipinski definition) is 0. The van der Waals surface area contributed by atoms with Gasteiger partial charge in [-0.2, -0.15) is 0 Å². The summed E-state index contributed by atoms with van der Waals surface area (Å²) >= 11 is 0. The van der Waals surface area contributed by atoms with Crippen LogP contribution in [0, 0.1) is 6.92 Å². The van der Waals surface area contributed by atoms with Gasteiger partial charge in [0.05, 0.1) is 11.1 Å². The van der Waals surface area contributed by atoms with Crippen molar-refractivity contribution in [3.8, 4) is 0 Å². The van der Waals surface area contributed by atoms with Crippen molar-refractivity contribution in [3.05, 3.63) is 101 Å². The van der Waals surface area contributed by atoms with Gasteiger partial charge < -0.3 is 13.9 Å². The van der Waals surface area contributed by atoms with Crippen LogP contribution in [0.5, 0.6) is 0 Å².